The van der Waals surface area contributed by atoms with Crippen LogP contribution in [0.4, 0.5) is 17.1 Å². The van der Waals surface area contributed by atoms with E-state index in [1.807, 2.05) is 18.2 Å². The molecule has 30 heavy (non-hydrogen) atoms. The fraction of sp³-hybridized carbons (Fsp3) is 0.238. The maximum absolute atomic E-state index is 13.1. The maximum atomic E-state index is 13.1. The van der Waals surface area contributed by atoms with Crippen molar-refractivity contribution in [2.24, 2.45) is 5.10 Å². The van der Waals surface area contributed by atoms with Crippen molar-refractivity contribution < 1.29 is 19.1 Å². The molecule has 2 N–H and O–H groups in total. The summed E-state index contributed by atoms with van der Waals surface area (Å²) in [6, 6.07) is 13.0. The monoisotopic (exact) mass is 428 g/mol. The van der Waals surface area contributed by atoms with Crippen molar-refractivity contribution in [3.05, 3.63) is 53.6 Å². The normalized spacial score (nSPS) is 15.4. The van der Waals surface area contributed by atoms with Gasteiger partial charge in [0.05, 0.1) is 23.7 Å². The topological polar surface area (TPSA) is 100 Å². The molecule has 0 radical (unpaired) electrons. The van der Waals surface area contributed by atoms with Gasteiger partial charge in [-0.15, -0.1) is 0 Å². The molecular formula is C21H21ClN4O4. The number of para-hydroxylation sites is 1. The summed E-state index contributed by atoms with van der Waals surface area (Å²) in [5.74, 6) is -1.25. The number of halogens is 1. The van der Waals surface area contributed by atoms with Crippen molar-refractivity contribution in [3.8, 4) is 0 Å². The summed E-state index contributed by atoms with van der Waals surface area (Å²) < 4.78 is 5.04. The van der Waals surface area contributed by atoms with Crippen LogP contribution in [0.1, 0.15) is 20.3 Å². The Morgan fingerprint density at radius 1 is 1.13 bits per heavy atom. The lowest BCUT2D eigenvalue weighted by Crippen LogP contribution is -2.39. The molecule has 1 aliphatic heterocycles. The molecule has 2 amide bonds. The zero-order chi connectivity index (χ0) is 21.7. The number of hydrogen-bond donors (Lipinski definition) is 2. The van der Waals surface area contributed by atoms with Gasteiger partial charge in [0.1, 0.15) is 11.8 Å². The van der Waals surface area contributed by atoms with Gasteiger partial charge in [0.15, 0.2) is 0 Å². The first-order valence-corrected chi connectivity index (χ1v) is 9.73. The first-order chi connectivity index (χ1) is 14.4. The molecular weight excluding hydrogens is 408 g/mol. The highest BCUT2D eigenvalue weighted by Gasteiger charge is 2.37. The van der Waals surface area contributed by atoms with E-state index in [9.17, 15) is 14.4 Å². The number of ether oxygens (including phenoxy) is 1. The van der Waals surface area contributed by atoms with Crippen molar-refractivity contribution >= 4 is 52.2 Å². The summed E-state index contributed by atoms with van der Waals surface area (Å²) in [5, 5.41) is 11.7. The second-order valence-corrected chi connectivity index (χ2v) is 6.96. The van der Waals surface area contributed by atoms with E-state index in [1.165, 1.54) is 11.9 Å². The van der Waals surface area contributed by atoms with Crippen LogP contribution in [0.15, 0.2) is 53.6 Å². The second-order valence-electron chi connectivity index (χ2n) is 6.53. The molecule has 0 fully saturated rings. The quantitative estimate of drug-likeness (QED) is 0.686. The van der Waals surface area contributed by atoms with Crippen LogP contribution in [0.5, 0.6) is 0 Å². The van der Waals surface area contributed by atoms with Crippen LogP contribution in [0.25, 0.3) is 0 Å². The van der Waals surface area contributed by atoms with Crippen LogP contribution in [-0.4, -0.2) is 36.1 Å². The van der Waals surface area contributed by atoms with Gasteiger partial charge in [-0.05, 0) is 37.3 Å². The van der Waals surface area contributed by atoms with E-state index in [2.05, 4.69) is 15.7 Å². The molecule has 0 bridgehead atoms. The molecule has 2 aromatic rings. The number of amides is 2. The van der Waals surface area contributed by atoms with E-state index in [1.54, 1.807) is 37.3 Å². The number of anilines is 3. The van der Waals surface area contributed by atoms with Crippen LogP contribution in [0, 0.1) is 0 Å². The van der Waals surface area contributed by atoms with E-state index in [0.717, 1.165) is 0 Å². The van der Waals surface area contributed by atoms with Crippen molar-refractivity contribution in [1.29, 1.82) is 0 Å². The predicted molar refractivity (Wildman–Crippen MR) is 116 cm³/mol. The number of carbonyl (C=O) groups is 3. The molecule has 0 saturated carbocycles. The molecule has 0 saturated heterocycles. The Bertz CT molecular complexity index is 994. The summed E-state index contributed by atoms with van der Waals surface area (Å²) in [6.45, 7) is 3.28. The highest BCUT2D eigenvalue weighted by atomic mass is 35.5. The largest absolute Gasteiger partial charge is 0.461 e. The van der Waals surface area contributed by atoms with E-state index in [4.69, 9.17) is 16.3 Å². The number of nitrogens with one attached hydrogen (secondary N) is 2. The predicted octanol–water partition coefficient (Wildman–Crippen LogP) is 3.43. The van der Waals surface area contributed by atoms with Gasteiger partial charge in [0.2, 0.25) is 11.8 Å². The fourth-order valence-electron chi connectivity index (χ4n) is 3.01. The average molecular weight is 429 g/mol. The standard InChI is InChI=1S/C21H21ClN4O4/c1-3-30-21(29)18-12-19(26(25-18)15-7-5-4-6-8-15)20(28)24-17-11-14(22)9-10-16(17)23-13(2)27/h4-11,19H,3,12H2,1-2H3,(H,23,27)(H,24,28). The Morgan fingerprint density at radius 2 is 1.87 bits per heavy atom. The number of benzene rings is 2. The van der Waals surface area contributed by atoms with E-state index >= 15 is 0 Å². The Balaban J connectivity index is 1.88. The van der Waals surface area contributed by atoms with Gasteiger partial charge < -0.3 is 15.4 Å². The van der Waals surface area contributed by atoms with Gasteiger partial charge in [0.25, 0.3) is 0 Å². The van der Waals surface area contributed by atoms with E-state index in [-0.39, 0.29) is 24.6 Å². The van der Waals surface area contributed by atoms with E-state index in [0.29, 0.717) is 22.1 Å². The van der Waals surface area contributed by atoms with E-state index < -0.39 is 17.9 Å². The minimum absolute atomic E-state index is 0.0790. The van der Waals surface area contributed by atoms with Crippen molar-refractivity contribution in [2.75, 3.05) is 22.2 Å². The second kappa shape index (κ2) is 9.41. The van der Waals surface area contributed by atoms with Crippen LogP contribution in [-0.2, 0) is 19.1 Å². The fourth-order valence-corrected chi connectivity index (χ4v) is 3.18. The lowest BCUT2D eigenvalue weighted by atomic mass is 10.1. The van der Waals surface area contributed by atoms with Crippen molar-refractivity contribution in [1.82, 2.24) is 0 Å². The van der Waals surface area contributed by atoms with Gasteiger partial charge in [-0.1, -0.05) is 29.8 Å². The van der Waals surface area contributed by atoms with Crippen LogP contribution in [0.3, 0.4) is 0 Å². The molecule has 0 aliphatic carbocycles. The first kappa shape index (κ1) is 21.3. The number of esters is 1. The average Bonchev–Trinajstić information content (AvgIpc) is 3.16. The van der Waals surface area contributed by atoms with Gasteiger partial charge in [-0.2, -0.15) is 5.10 Å². The number of nitrogens with zero attached hydrogens (tertiary/aromatic N) is 2. The smallest absolute Gasteiger partial charge is 0.354 e. The van der Waals surface area contributed by atoms with Gasteiger partial charge >= 0.3 is 5.97 Å². The molecule has 156 valence electrons. The number of carbonyl (C=O) groups excluding carboxylic acids is 3. The zero-order valence-electron chi connectivity index (χ0n) is 16.5. The lowest BCUT2D eigenvalue weighted by molar-refractivity contribution is -0.135. The number of rotatable bonds is 6. The van der Waals surface area contributed by atoms with Crippen LogP contribution < -0.4 is 15.6 Å². The van der Waals surface area contributed by atoms with Gasteiger partial charge in [0, 0.05) is 18.4 Å². The van der Waals surface area contributed by atoms with Crippen LogP contribution in [0.2, 0.25) is 5.02 Å². The zero-order valence-corrected chi connectivity index (χ0v) is 17.3. The highest BCUT2D eigenvalue weighted by molar-refractivity contribution is 6.38. The minimum atomic E-state index is -0.782. The minimum Gasteiger partial charge on any atom is -0.461 e. The van der Waals surface area contributed by atoms with Gasteiger partial charge in [-0.3, -0.25) is 14.6 Å². The summed E-state index contributed by atoms with van der Waals surface area (Å²) in [7, 11) is 0. The number of hydrazone groups is 1. The molecule has 2 aromatic carbocycles. The summed E-state index contributed by atoms with van der Waals surface area (Å²) in [4.78, 5) is 36.8. The molecule has 3 rings (SSSR count). The Kier molecular flexibility index (Phi) is 6.68. The molecule has 0 spiro atoms. The molecule has 1 atom stereocenters. The Labute approximate surface area is 178 Å². The summed E-state index contributed by atoms with van der Waals surface area (Å²) >= 11 is 6.06. The highest BCUT2D eigenvalue weighted by Crippen LogP contribution is 2.29. The first-order valence-electron chi connectivity index (χ1n) is 9.36. The molecule has 1 unspecified atom stereocenters. The number of hydrogen-bond acceptors (Lipinski definition) is 6. The van der Waals surface area contributed by atoms with Gasteiger partial charge in [-0.25, -0.2) is 4.79 Å². The third-order valence-electron chi connectivity index (χ3n) is 4.29. The Hall–Kier alpha value is -3.39. The SMILES string of the molecule is CCOC(=O)C1=NN(c2ccccc2)C(C(=O)Nc2cc(Cl)ccc2NC(C)=O)C1. The lowest BCUT2D eigenvalue weighted by Gasteiger charge is -2.23. The third-order valence-corrected chi connectivity index (χ3v) is 4.53. The molecule has 9 heteroatoms. The summed E-state index contributed by atoms with van der Waals surface area (Å²) in [5.41, 5.74) is 1.58. The molecule has 0 aromatic heterocycles. The summed E-state index contributed by atoms with van der Waals surface area (Å²) in [6.07, 6.45) is 0.0790. The molecule has 1 aliphatic rings. The van der Waals surface area contributed by atoms with Crippen molar-refractivity contribution in [2.45, 2.75) is 26.3 Å². The van der Waals surface area contributed by atoms with Crippen molar-refractivity contribution in [3.63, 3.8) is 0 Å². The molecule has 8 nitrogen and oxygen atoms in total. The molecule has 1 heterocycles. The third kappa shape index (κ3) is 4.96. The maximum Gasteiger partial charge on any atom is 0.354 e. The van der Waals surface area contributed by atoms with Crippen LogP contribution >= 0.6 is 11.6 Å². The Morgan fingerprint density at radius 3 is 2.53 bits per heavy atom.